The van der Waals surface area contributed by atoms with Crippen molar-refractivity contribution in [2.45, 2.75) is 44.2 Å². The van der Waals surface area contributed by atoms with Crippen LogP contribution in [0.3, 0.4) is 0 Å². The number of nitrogens with zero attached hydrogens (tertiary/aromatic N) is 1. The van der Waals surface area contributed by atoms with Crippen molar-refractivity contribution in [3.05, 3.63) is 72.2 Å². The molecular weight excluding hydrogens is 400 g/mol. The Morgan fingerprint density at radius 3 is 2.33 bits per heavy atom. The van der Waals surface area contributed by atoms with Crippen LogP contribution in [0.25, 0.3) is 11.3 Å². The van der Waals surface area contributed by atoms with E-state index in [0.29, 0.717) is 17.8 Å². The first-order chi connectivity index (χ1) is 14.3. The minimum absolute atomic E-state index is 0.123. The number of aromatic amines is 1. The van der Waals surface area contributed by atoms with E-state index in [1.54, 1.807) is 20.0 Å². The van der Waals surface area contributed by atoms with E-state index in [4.69, 9.17) is 0 Å². The molecule has 2 aromatic carbocycles. The molecule has 0 saturated carbocycles. The van der Waals surface area contributed by atoms with Crippen LogP contribution in [-0.4, -0.2) is 30.3 Å². The number of carbonyl (C=O) groups excluding carboxylic acids is 1. The number of sulfonamides is 1. The molecule has 0 bridgehead atoms. The number of benzene rings is 2. The average molecular weight is 427 g/mol. The first-order valence-corrected chi connectivity index (χ1v) is 11.3. The number of hydrogen-bond acceptors (Lipinski definition) is 4. The van der Waals surface area contributed by atoms with Gasteiger partial charge in [-0.2, -0.15) is 0 Å². The van der Waals surface area contributed by atoms with Crippen LogP contribution < -0.4 is 10.0 Å². The van der Waals surface area contributed by atoms with Crippen molar-refractivity contribution < 1.29 is 13.2 Å². The summed E-state index contributed by atoms with van der Waals surface area (Å²) in [7, 11) is -3.59. The highest BCUT2D eigenvalue weighted by molar-refractivity contribution is 7.89. The molecule has 7 nitrogen and oxygen atoms in total. The number of carbonyl (C=O) groups is 1. The van der Waals surface area contributed by atoms with Crippen LogP contribution in [0.1, 0.15) is 49.4 Å². The van der Waals surface area contributed by atoms with Crippen LogP contribution in [-0.2, 0) is 10.0 Å². The standard InChI is InChI=1S/C22H26N4O3S/c1-4-19(21-23-14-20(24-21)16-8-6-5-7-9-16)25-22(27)17-10-12-18(13-11-17)30(28,29)26-15(2)3/h5-15,19,26H,4H2,1-3H3,(H,23,24)(H,25,27). The fourth-order valence-corrected chi connectivity index (χ4v) is 4.30. The smallest absolute Gasteiger partial charge is 0.251 e. The summed E-state index contributed by atoms with van der Waals surface area (Å²) in [4.78, 5) is 20.5. The van der Waals surface area contributed by atoms with Crippen molar-refractivity contribution in [2.75, 3.05) is 0 Å². The maximum atomic E-state index is 12.7. The van der Waals surface area contributed by atoms with E-state index in [0.717, 1.165) is 11.3 Å². The van der Waals surface area contributed by atoms with Crippen molar-refractivity contribution in [3.63, 3.8) is 0 Å². The predicted molar refractivity (Wildman–Crippen MR) is 116 cm³/mol. The Labute approximate surface area is 177 Å². The molecule has 1 atom stereocenters. The molecule has 0 aliphatic carbocycles. The molecule has 0 aliphatic heterocycles. The zero-order valence-corrected chi connectivity index (χ0v) is 18.0. The zero-order valence-electron chi connectivity index (χ0n) is 17.2. The molecule has 30 heavy (non-hydrogen) atoms. The summed E-state index contributed by atoms with van der Waals surface area (Å²) < 4.78 is 27.0. The fraction of sp³-hybridized carbons (Fsp3) is 0.273. The van der Waals surface area contributed by atoms with Gasteiger partial charge in [0.25, 0.3) is 5.91 Å². The Hall–Kier alpha value is -2.97. The Morgan fingerprint density at radius 1 is 1.07 bits per heavy atom. The highest BCUT2D eigenvalue weighted by atomic mass is 32.2. The molecule has 3 N–H and O–H groups in total. The minimum Gasteiger partial charge on any atom is -0.342 e. The molecule has 1 aromatic heterocycles. The van der Waals surface area contributed by atoms with Gasteiger partial charge < -0.3 is 10.3 Å². The second kappa shape index (κ2) is 9.23. The third-order valence-corrected chi connectivity index (χ3v) is 6.22. The largest absolute Gasteiger partial charge is 0.342 e. The lowest BCUT2D eigenvalue weighted by Crippen LogP contribution is -2.30. The van der Waals surface area contributed by atoms with Crippen molar-refractivity contribution in [3.8, 4) is 11.3 Å². The Morgan fingerprint density at radius 2 is 1.73 bits per heavy atom. The number of imidazole rings is 1. The van der Waals surface area contributed by atoms with Gasteiger partial charge in [0, 0.05) is 11.6 Å². The van der Waals surface area contributed by atoms with Gasteiger partial charge in [-0.25, -0.2) is 18.1 Å². The minimum atomic E-state index is -3.59. The van der Waals surface area contributed by atoms with Gasteiger partial charge in [-0.05, 0) is 50.1 Å². The lowest BCUT2D eigenvalue weighted by Gasteiger charge is -2.15. The van der Waals surface area contributed by atoms with Crippen LogP contribution >= 0.6 is 0 Å². The Balaban J connectivity index is 1.72. The van der Waals surface area contributed by atoms with Crippen LogP contribution in [0.5, 0.6) is 0 Å². The molecule has 158 valence electrons. The molecule has 0 spiro atoms. The van der Waals surface area contributed by atoms with Gasteiger partial charge in [0.2, 0.25) is 10.0 Å². The van der Waals surface area contributed by atoms with E-state index in [-0.39, 0.29) is 22.9 Å². The Bertz CT molecular complexity index is 1090. The quantitative estimate of drug-likeness (QED) is 0.511. The lowest BCUT2D eigenvalue weighted by atomic mass is 10.1. The SMILES string of the molecule is CCC(NC(=O)c1ccc(S(=O)(=O)NC(C)C)cc1)c1ncc(-c2ccccc2)[nH]1. The summed E-state index contributed by atoms with van der Waals surface area (Å²) in [5.41, 5.74) is 2.28. The predicted octanol–water partition coefficient (Wildman–Crippen LogP) is 3.64. The molecule has 3 aromatic rings. The molecule has 0 saturated heterocycles. The maximum Gasteiger partial charge on any atom is 0.251 e. The number of hydrogen-bond donors (Lipinski definition) is 3. The van der Waals surface area contributed by atoms with Crippen LogP contribution in [0.4, 0.5) is 0 Å². The van der Waals surface area contributed by atoms with Gasteiger partial charge in [-0.1, -0.05) is 37.3 Å². The van der Waals surface area contributed by atoms with Crippen LogP contribution in [0.15, 0.2) is 65.7 Å². The second-order valence-corrected chi connectivity index (χ2v) is 9.00. The number of aromatic nitrogens is 2. The molecule has 1 heterocycles. The lowest BCUT2D eigenvalue weighted by molar-refractivity contribution is 0.0933. The first kappa shape index (κ1) is 21.7. The van der Waals surface area contributed by atoms with Gasteiger partial charge in [0.1, 0.15) is 5.82 Å². The molecule has 1 amide bonds. The van der Waals surface area contributed by atoms with E-state index in [2.05, 4.69) is 20.0 Å². The summed E-state index contributed by atoms with van der Waals surface area (Å²) in [5, 5.41) is 2.96. The monoisotopic (exact) mass is 426 g/mol. The van der Waals surface area contributed by atoms with Crippen molar-refractivity contribution in [1.82, 2.24) is 20.0 Å². The highest BCUT2D eigenvalue weighted by Crippen LogP contribution is 2.21. The van der Waals surface area contributed by atoms with Crippen molar-refractivity contribution in [2.24, 2.45) is 0 Å². The number of H-pyrrole nitrogens is 1. The van der Waals surface area contributed by atoms with E-state index in [9.17, 15) is 13.2 Å². The van der Waals surface area contributed by atoms with Crippen molar-refractivity contribution in [1.29, 1.82) is 0 Å². The molecular formula is C22H26N4O3S. The summed E-state index contributed by atoms with van der Waals surface area (Å²) in [6.07, 6.45) is 2.40. The fourth-order valence-electron chi connectivity index (χ4n) is 3.05. The van der Waals surface area contributed by atoms with Gasteiger partial charge >= 0.3 is 0 Å². The van der Waals surface area contributed by atoms with Gasteiger partial charge in [-0.15, -0.1) is 0 Å². The van der Waals surface area contributed by atoms with E-state index in [1.165, 1.54) is 24.3 Å². The summed E-state index contributed by atoms with van der Waals surface area (Å²) in [6.45, 7) is 5.47. The first-order valence-electron chi connectivity index (χ1n) is 9.83. The highest BCUT2D eigenvalue weighted by Gasteiger charge is 2.19. The van der Waals surface area contributed by atoms with Gasteiger partial charge in [-0.3, -0.25) is 4.79 Å². The molecule has 8 heteroatoms. The van der Waals surface area contributed by atoms with E-state index >= 15 is 0 Å². The van der Waals surface area contributed by atoms with Crippen LogP contribution in [0.2, 0.25) is 0 Å². The molecule has 3 rings (SSSR count). The Kier molecular flexibility index (Phi) is 6.69. The average Bonchev–Trinajstić information content (AvgIpc) is 3.22. The van der Waals surface area contributed by atoms with Crippen LogP contribution in [0, 0.1) is 0 Å². The summed E-state index contributed by atoms with van der Waals surface area (Å²) in [5.74, 6) is 0.380. The van der Waals surface area contributed by atoms with Crippen molar-refractivity contribution >= 4 is 15.9 Å². The topological polar surface area (TPSA) is 104 Å². The van der Waals surface area contributed by atoms with E-state index < -0.39 is 10.0 Å². The molecule has 0 aliphatic rings. The molecule has 1 unspecified atom stereocenters. The summed E-state index contributed by atoms with van der Waals surface area (Å²) >= 11 is 0. The third kappa shape index (κ3) is 5.14. The molecule has 0 fully saturated rings. The summed E-state index contributed by atoms with van der Waals surface area (Å²) in [6, 6.07) is 15.2. The molecule has 0 radical (unpaired) electrons. The van der Waals surface area contributed by atoms with Gasteiger partial charge in [0.15, 0.2) is 0 Å². The van der Waals surface area contributed by atoms with E-state index in [1.807, 2.05) is 37.3 Å². The number of amides is 1. The maximum absolute atomic E-state index is 12.7. The van der Waals surface area contributed by atoms with Gasteiger partial charge in [0.05, 0.1) is 22.8 Å². The normalized spacial score (nSPS) is 12.7. The zero-order chi connectivity index (χ0) is 21.7. The second-order valence-electron chi connectivity index (χ2n) is 7.28. The number of rotatable bonds is 8. The number of nitrogens with one attached hydrogen (secondary N) is 3. The third-order valence-electron chi connectivity index (χ3n) is 4.54.